The highest BCUT2D eigenvalue weighted by Crippen LogP contribution is 2.43. The van der Waals surface area contributed by atoms with Gasteiger partial charge in [-0.2, -0.15) is 13.2 Å². The summed E-state index contributed by atoms with van der Waals surface area (Å²) < 4.78 is 61.5. The summed E-state index contributed by atoms with van der Waals surface area (Å²) in [5.74, 6) is 0.650. The highest BCUT2D eigenvalue weighted by atomic mass is 32.2. The van der Waals surface area contributed by atoms with Crippen molar-refractivity contribution in [1.82, 2.24) is 9.88 Å². The zero-order valence-electron chi connectivity index (χ0n) is 15.3. The van der Waals surface area contributed by atoms with Crippen LogP contribution < -0.4 is 4.90 Å². The lowest BCUT2D eigenvalue weighted by molar-refractivity contribution is -0.141. The van der Waals surface area contributed by atoms with Crippen molar-refractivity contribution in [2.75, 3.05) is 42.6 Å². The summed E-state index contributed by atoms with van der Waals surface area (Å²) in [7, 11) is -2.81. The first kappa shape index (κ1) is 19.0. The Morgan fingerprint density at radius 2 is 1.81 bits per heavy atom. The molecule has 3 fully saturated rings. The Labute approximate surface area is 157 Å². The molecular weight excluding hydrogens is 379 g/mol. The number of halogens is 3. The fourth-order valence-corrected chi connectivity index (χ4v) is 7.18. The molecule has 0 bridgehead atoms. The van der Waals surface area contributed by atoms with E-state index in [1.807, 2.05) is 0 Å². The molecule has 4 heterocycles. The Balaban J connectivity index is 1.36. The molecule has 0 aromatic carbocycles. The van der Waals surface area contributed by atoms with Crippen molar-refractivity contribution in [2.24, 2.45) is 5.41 Å². The molecule has 0 atom stereocenters. The van der Waals surface area contributed by atoms with Crippen LogP contribution in [0.5, 0.6) is 0 Å². The van der Waals surface area contributed by atoms with Crippen LogP contribution in [0.1, 0.15) is 30.7 Å². The van der Waals surface area contributed by atoms with Gasteiger partial charge in [-0.15, -0.1) is 0 Å². The number of hydrogen-bond donors (Lipinski definition) is 0. The zero-order chi connectivity index (χ0) is 19.4. The molecule has 0 N–H and O–H groups in total. The molecule has 0 aliphatic carbocycles. The third-order valence-electron chi connectivity index (χ3n) is 6.19. The van der Waals surface area contributed by atoms with E-state index in [2.05, 4.69) is 14.8 Å². The Morgan fingerprint density at radius 3 is 2.37 bits per heavy atom. The van der Waals surface area contributed by atoms with Gasteiger partial charge in [0.15, 0.2) is 9.84 Å². The fourth-order valence-electron chi connectivity index (χ4n) is 4.93. The van der Waals surface area contributed by atoms with Crippen LogP contribution in [-0.2, 0) is 16.0 Å². The Bertz CT molecular complexity index is 821. The predicted molar refractivity (Wildman–Crippen MR) is 96.5 cm³/mol. The molecule has 1 aromatic rings. The molecular formula is C18H24F3N3O2S. The second-order valence-corrected chi connectivity index (χ2v) is 10.3. The second-order valence-electron chi connectivity index (χ2n) is 8.27. The topological polar surface area (TPSA) is 53.5 Å². The van der Waals surface area contributed by atoms with Crippen LogP contribution in [0.3, 0.4) is 0 Å². The van der Waals surface area contributed by atoms with E-state index in [4.69, 9.17) is 0 Å². The molecule has 0 amide bonds. The monoisotopic (exact) mass is 403 g/mol. The lowest BCUT2D eigenvalue weighted by Crippen LogP contribution is -2.52. The molecule has 0 radical (unpaired) electrons. The molecule has 9 heteroatoms. The van der Waals surface area contributed by atoms with Crippen LogP contribution in [0.2, 0.25) is 0 Å². The normalized spacial score (nSPS) is 25.7. The van der Waals surface area contributed by atoms with Crippen molar-refractivity contribution in [3.63, 3.8) is 0 Å². The number of sulfone groups is 1. The number of likely N-dealkylation sites (tertiary alicyclic amines) is 1. The highest BCUT2D eigenvalue weighted by Gasteiger charge is 2.52. The summed E-state index contributed by atoms with van der Waals surface area (Å²) in [6.07, 6.45) is -1.60. The van der Waals surface area contributed by atoms with E-state index < -0.39 is 21.7 Å². The van der Waals surface area contributed by atoms with E-state index in [0.717, 1.165) is 57.2 Å². The molecule has 5 nitrogen and oxygen atoms in total. The summed E-state index contributed by atoms with van der Waals surface area (Å²) in [5, 5.41) is 0. The van der Waals surface area contributed by atoms with Gasteiger partial charge in [0.05, 0.1) is 22.9 Å². The summed E-state index contributed by atoms with van der Waals surface area (Å²) in [4.78, 5) is 8.26. The average Bonchev–Trinajstić information content (AvgIpc) is 2.97. The van der Waals surface area contributed by atoms with Crippen LogP contribution >= 0.6 is 0 Å². The summed E-state index contributed by atoms with van der Waals surface area (Å²) in [6.45, 7) is 4.98. The van der Waals surface area contributed by atoms with E-state index in [1.54, 1.807) is 6.92 Å². The first-order chi connectivity index (χ1) is 12.6. The zero-order valence-corrected chi connectivity index (χ0v) is 16.1. The molecule has 1 spiro atoms. The van der Waals surface area contributed by atoms with Crippen LogP contribution in [0, 0.1) is 12.3 Å². The summed E-state index contributed by atoms with van der Waals surface area (Å²) in [6, 6.07) is 3.00. The number of alkyl halides is 3. The maximum atomic E-state index is 12.8. The van der Waals surface area contributed by atoms with E-state index in [0.29, 0.717) is 23.2 Å². The summed E-state index contributed by atoms with van der Waals surface area (Å²) in [5.41, 5.74) is 0.299. The van der Waals surface area contributed by atoms with Crippen LogP contribution in [-0.4, -0.2) is 62.0 Å². The van der Waals surface area contributed by atoms with Crippen LogP contribution in [0.4, 0.5) is 18.9 Å². The first-order valence-electron chi connectivity index (χ1n) is 9.31. The Morgan fingerprint density at radius 1 is 1.15 bits per heavy atom. The molecule has 1 aromatic heterocycles. The predicted octanol–water partition coefficient (Wildman–Crippen LogP) is 2.50. The van der Waals surface area contributed by atoms with Gasteiger partial charge >= 0.3 is 6.18 Å². The standard InChI is InChI=1S/C18H24F3N3O2S/c1-13-15(2-3-16(22-13)18(19,20)21)23-7-4-14(5-8-23)24-9-6-17(10-24)11-27(25,26)12-17/h2-3,14H,4-12H2,1H3. The molecule has 3 saturated heterocycles. The minimum Gasteiger partial charge on any atom is -0.370 e. The lowest BCUT2D eigenvalue weighted by Gasteiger charge is -2.41. The van der Waals surface area contributed by atoms with Crippen LogP contribution in [0.25, 0.3) is 0 Å². The SMILES string of the molecule is Cc1nc(C(F)(F)F)ccc1N1CCC(N2CCC3(C2)CS(=O)(=O)C3)CC1. The van der Waals surface area contributed by atoms with Gasteiger partial charge in [-0.1, -0.05) is 0 Å². The maximum absolute atomic E-state index is 12.8. The van der Waals surface area contributed by atoms with E-state index in [9.17, 15) is 21.6 Å². The van der Waals surface area contributed by atoms with E-state index in [1.165, 1.54) is 6.07 Å². The molecule has 27 heavy (non-hydrogen) atoms. The Hall–Kier alpha value is -1.35. The second kappa shape index (κ2) is 6.34. The number of rotatable bonds is 2. The van der Waals surface area contributed by atoms with Gasteiger partial charge in [-0.3, -0.25) is 4.90 Å². The van der Waals surface area contributed by atoms with Gasteiger partial charge in [0, 0.05) is 31.1 Å². The number of piperidine rings is 1. The van der Waals surface area contributed by atoms with Gasteiger partial charge in [-0.25, -0.2) is 13.4 Å². The Kier molecular flexibility index (Phi) is 4.46. The smallest absolute Gasteiger partial charge is 0.370 e. The largest absolute Gasteiger partial charge is 0.433 e. The van der Waals surface area contributed by atoms with Crippen molar-refractivity contribution in [2.45, 2.75) is 38.4 Å². The van der Waals surface area contributed by atoms with Crippen molar-refractivity contribution in [1.29, 1.82) is 0 Å². The molecule has 4 rings (SSSR count). The molecule has 3 aliphatic rings. The van der Waals surface area contributed by atoms with Crippen molar-refractivity contribution in [3.8, 4) is 0 Å². The summed E-state index contributed by atoms with van der Waals surface area (Å²) >= 11 is 0. The van der Waals surface area contributed by atoms with E-state index in [-0.39, 0.29) is 5.41 Å². The fraction of sp³-hybridized carbons (Fsp3) is 0.722. The number of anilines is 1. The van der Waals surface area contributed by atoms with Crippen LogP contribution in [0.15, 0.2) is 12.1 Å². The minimum atomic E-state index is -4.42. The third kappa shape index (κ3) is 3.68. The number of aromatic nitrogens is 1. The van der Waals surface area contributed by atoms with Gasteiger partial charge in [0.1, 0.15) is 5.69 Å². The van der Waals surface area contributed by atoms with Gasteiger partial charge in [-0.05, 0) is 44.9 Å². The van der Waals surface area contributed by atoms with Crippen molar-refractivity contribution < 1.29 is 21.6 Å². The average molecular weight is 403 g/mol. The maximum Gasteiger partial charge on any atom is 0.433 e. The quantitative estimate of drug-likeness (QED) is 0.760. The van der Waals surface area contributed by atoms with Gasteiger partial charge < -0.3 is 4.90 Å². The highest BCUT2D eigenvalue weighted by molar-refractivity contribution is 7.92. The first-order valence-corrected chi connectivity index (χ1v) is 11.1. The number of pyridine rings is 1. The minimum absolute atomic E-state index is 0.0239. The van der Waals surface area contributed by atoms with Gasteiger partial charge in [0.25, 0.3) is 0 Å². The lowest BCUT2D eigenvalue weighted by atomic mass is 9.91. The molecule has 150 valence electrons. The third-order valence-corrected chi connectivity index (χ3v) is 8.29. The molecule has 0 saturated carbocycles. The molecule has 0 unspecified atom stereocenters. The van der Waals surface area contributed by atoms with E-state index >= 15 is 0 Å². The van der Waals surface area contributed by atoms with Crippen molar-refractivity contribution in [3.05, 3.63) is 23.5 Å². The van der Waals surface area contributed by atoms with Gasteiger partial charge in [0.2, 0.25) is 0 Å². The molecule has 3 aliphatic heterocycles. The number of nitrogens with zero attached hydrogens (tertiary/aromatic N) is 3. The number of hydrogen-bond acceptors (Lipinski definition) is 5. The van der Waals surface area contributed by atoms with Crippen molar-refractivity contribution >= 4 is 15.5 Å². The number of aryl methyl sites for hydroxylation is 1.